The van der Waals surface area contributed by atoms with E-state index in [1.807, 2.05) is 17.0 Å². The number of likely N-dealkylation sites (tertiary alicyclic amines) is 1. The van der Waals surface area contributed by atoms with Crippen molar-refractivity contribution >= 4 is 35.1 Å². The summed E-state index contributed by atoms with van der Waals surface area (Å²) in [6.07, 6.45) is -4.70. The number of fused-ring (bicyclic) bond motifs is 1. The van der Waals surface area contributed by atoms with Crippen molar-refractivity contribution in [3.05, 3.63) is 81.3 Å². The van der Waals surface area contributed by atoms with E-state index in [1.165, 1.54) is 12.1 Å². The highest BCUT2D eigenvalue weighted by molar-refractivity contribution is 6.32. The summed E-state index contributed by atoms with van der Waals surface area (Å²) in [6.45, 7) is 0.482. The first-order valence-electron chi connectivity index (χ1n) is 14.7. The number of esters is 2. The van der Waals surface area contributed by atoms with Gasteiger partial charge in [-0.25, -0.2) is 9.59 Å². The molecule has 0 amide bonds. The van der Waals surface area contributed by atoms with Gasteiger partial charge in [0.25, 0.3) is 0 Å². The molecule has 14 heteroatoms. The summed E-state index contributed by atoms with van der Waals surface area (Å²) >= 11 is 12.5. The van der Waals surface area contributed by atoms with Crippen molar-refractivity contribution in [2.24, 2.45) is 0 Å². The van der Waals surface area contributed by atoms with Crippen molar-refractivity contribution in [3.8, 4) is 23.0 Å². The number of benzene rings is 3. The Morgan fingerprint density at radius 1 is 0.979 bits per heavy atom. The van der Waals surface area contributed by atoms with E-state index in [2.05, 4.69) is 0 Å². The maximum atomic E-state index is 13.2. The highest BCUT2D eigenvalue weighted by Crippen LogP contribution is 2.42. The molecule has 47 heavy (non-hydrogen) atoms. The topological polar surface area (TPSA) is 92.8 Å². The number of alkyl halides is 3. The summed E-state index contributed by atoms with van der Waals surface area (Å²) < 4.78 is 72.5. The van der Waals surface area contributed by atoms with Crippen LogP contribution in [0.15, 0.2) is 54.6 Å². The van der Waals surface area contributed by atoms with Crippen LogP contribution in [0.2, 0.25) is 10.0 Å². The highest BCUT2D eigenvalue weighted by atomic mass is 35.5. The minimum Gasteiger partial charge on any atom is -0.497 e. The first-order valence-corrected chi connectivity index (χ1v) is 15.4. The summed E-state index contributed by atoms with van der Waals surface area (Å²) in [5.41, 5.74) is 1.26. The van der Waals surface area contributed by atoms with E-state index in [0.717, 1.165) is 24.0 Å². The summed E-state index contributed by atoms with van der Waals surface area (Å²) in [7, 11) is 2.71. The molecular formula is C33H32Cl2F3NO8. The molecule has 0 aliphatic carbocycles. The van der Waals surface area contributed by atoms with Gasteiger partial charge < -0.3 is 28.4 Å². The fraction of sp³-hybridized carbons (Fsp3) is 0.394. The monoisotopic (exact) mass is 697 g/mol. The van der Waals surface area contributed by atoms with E-state index in [4.69, 9.17) is 51.6 Å². The van der Waals surface area contributed by atoms with Crippen LogP contribution in [0.3, 0.4) is 0 Å². The van der Waals surface area contributed by atoms with Crippen LogP contribution in [0.1, 0.15) is 34.3 Å². The molecule has 1 saturated heterocycles. The van der Waals surface area contributed by atoms with Crippen LogP contribution < -0.4 is 18.9 Å². The van der Waals surface area contributed by atoms with Crippen molar-refractivity contribution in [2.45, 2.75) is 43.8 Å². The maximum absolute atomic E-state index is 13.2. The lowest BCUT2D eigenvalue weighted by atomic mass is 9.87. The van der Waals surface area contributed by atoms with Crippen molar-refractivity contribution in [3.63, 3.8) is 0 Å². The van der Waals surface area contributed by atoms with E-state index in [-0.39, 0.29) is 35.2 Å². The molecule has 2 heterocycles. The van der Waals surface area contributed by atoms with E-state index >= 15 is 0 Å². The first-order chi connectivity index (χ1) is 22.4. The number of carbonyl (C=O) groups excluding carboxylic acids is 2. The number of piperidine rings is 1. The lowest BCUT2D eigenvalue weighted by Gasteiger charge is -2.39. The van der Waals surface area contributed by atoms with Gasteiger partial charge in [0.1, 0.15) is 53.5 Å². The number of hydrogen-bond donors (Lipinski definition) is 0. The number of methoxy groups -OCH3 is 2. The predicted octanol–water partition coefficient (Wildman–Crippen LogP) is 6.69. The van der Waals surface area contributed by atoms with Gasteiger partial charge in [-0.15, -0.1) is 0 Å². The molecule has 3 aromatic rings. The Balaban J connectivity index is 1.28. The third kappa shape index (κ3) is 8.54. The van der Waals surface area contributed by atoms with Crippen LogP contribution in [0.4, 0.5) is 13.2 Å². The van der Waals surface area contributed by atoms with Crippen molar-refractivity contribution < 1.29 is 51.2 Å². The van der Waals surface area contributed by atoms with Gasteiger partial charge in [-0.2, -0.15) is 13.2 Å². The Bertz CT molecular complexity index is 1590. The lowest BCUT2D eigenvalue weighted by molar-refractivity contribution is -0.206. The highest BCUT2D eigenvalue weighted by Gasteiger charge is 2.44. The Labute approximate surface area is 279 Å². The second-order valence-electron chi connectivity index (χ2n) is 11.3. The number of ether oxygens (including phenoxy) is 6. The third-order valence-electron chi connectivity index (χ3n) is 8.01. The normalized spacial score (nSPS) is 16.1. The number of nitrogens with zero attached hydrogens (tertiary/aromatic N) is 1. The Morgan fingerprint density at radius 3 is 2.36 bits per heavy atom. The van der Waals surface area contributed by atoms with Crippen molar-refractivity contribution in [1.82, 2.24) is 4.90 Å². The predicted molar refractivity (Wildman–Crippen MR) is 166 cm³/mol. The summed E-state index contributed by atoms with van der Waals surface area (Å²) in [5.74, 6) is -1.64. The van der Waals surface area contributed by atoms with E-state index in [9.17, 15) is 22.8 Å². The molecule has 1 atom stereocenters. The molecule has 2 aliphatic heterocycles. The quantitative estimate of drug-likeness (QED) is 0.203. The average molecular weight is 699 g/mol. The third-order valence-corrected chi connectivity index (χ3v) is 8.54. The minimum absolute atomic E-state index is 0.0569. The number of rotatable bonds is 11. The van der Waals surface area contributed by atoms with Crippen molar-refractivity contribution in [1.29, 1.82) is 0 Å². The van der Waals surface area contributed by atoms with E-state index < -0.39 is 36.4 Å². The molecule has 0 radical (unpaired) electrons. The zero-order chi connectivity index (χ0) is 33.8. The average Bonchev–Trinajstić information content (AvgIpc) is 3.40. The number of carbonyl (C=O) groups is 2. The number of halogens is 5. The molecule has 0 aromatic heterocycles. The van der Waals surface area contributed by atoms with Gasteiger partial charge in [0, 0.05) is 50.0 Å². The van der Waals surface area contributed by atoms with Crippen LogP contribution in [0.25, 0.3) is 0 Å². The molecule has 1 fully saturated rings. The maximum Gasteiger partial charge on any atom is 0.490 e. The molecule has 1 spiro atoms. The smallest absolute Gasteiger partial charge is 0.490 e. The van der Waals surface area contributed by atoms with Gasteiger partial charge in [-0.05, 0) is 47.5 Å². The van der Waals surface area contributed by atoms with E-state index in [0.29, 0.717) is 43.1 Å². The first kappa shape index (κ1) is 34.5. The lowest BCUT2D eigenvalue weighted by Crippen LogP contribution is -2.50. The molecule has 0 N–H and O–H groups in total. The fourth-order valence-corrected chi connectivity index (χ4v) is 5.97. The summed E-state index contributed by atoms with van der Waals surface area (Å²) in [6, 6.07) is 15.2. The second-order valence-corrected chi connectivity index (χ2v) is 12.1. The minimum atomic E-state index is -5.21. The molecule has 9 nitrogen and oxygen atoms in total. The Hall–Kier alpha value is -3.87. The molecule has 0 bridgehead atoms. The fourth-order valence-electron chi connectivity index (χ4n) is 5.55. The Kier molecular flexibility index (Phi) is 10.6. The molecule has 2 aliphatic rings. The van der Waals surface area contributed by atoms with Crippen LogP contribution in [-0.2, 0) is 27.3 Å². The zero-order valence-electron chi connectivity index (χ0n) is 25.5. The summed E-state index contributed by atoms with van der Waals surface area (Å²) in [4.78, 5) is 26.3. The molecular weight excluding hydrogens is 666 g/mol. The van der Waals surface area contributed by atoms with Gasteiger partial charge in [0.05, 0.1) is 19.2 Å². The number of hydrogen-bond acceptors (Lipinski definition) is 9. The standard InChI is InChI=1S/C33H32Cl2F3NO8/c1-42-23-6-3-20(4-7-23)18-44-29-15-28(25(14-26(29)35)30(40)43-2)45-19-24(46-31(41)33(36,37)38)17-39-11-9-32(10-12-39)16-21-13-22(34)5-8-27(21)47-32/h3-8,13-15,24H,9-12,16-19H2,1-2H3/t24-/m1/s1. The van der Waals surface area contributed by atoms with Gasteiger partial charge in [0.15, 0.2) is 0 Å². The van der Waals surface area contributed by atoms with E-state index in [1.54, 1.807) is 37.4 Å². The molecule has 5 rings (SSSR count). The van der Waals surface area contributed by atoms with Crippen LogP contribution in [0, 0.1) is 0 Å². The van der Waals surface area contributed by atoms with Crippen molar-refractivity contribution in [2.75, 3.05) is 40.5 Å². The van der Waals surface area contributed by atoms with Gasteiger partial charge in [-0.1, -0.05) is 35.3 Å². The summed E-state index contributed by atoms with van der Waals surface area (Å²) in [5, 5.41) is 0.690. The van der Waals surface area contributed by atoms with Crippen LogP contribution in [0.5, 0.6) is 23.0 Å². The van der Waals surface area contributed by atoms with Gasteiger partial charge >= 0.3 is 18.1 Å². The SMILES string of the molecule is COC(=O)c1cc(Cl)c(OCc2ccc(OC)cc2)cc1OC[C@@H](CN1CCC2(CC1)Cc1cc(Cl)ccc1O2)OC(=O)C(F)(F)F. The second kappa shape index (κ2) is 14.5. The van der Waals surface area contributed by atoms with Crippen LogP contribution >= 0.6 is 23.2 Å². The molecule has 3 aromatic carbocycles. The Morgan fingerprint density at radius 2 is 1.70 bits per heavy atom. The molecule has 252 valence electrons. The molecule has 0 unspecified atom stereocenters. The van der Waals surface area contributed by atoms with Gasteiger partial charge in [-0.3, -0.25) is 4.90 Å². The van der Waals surface area contributed by atoms with Gasteiger partial charge in [0.2, 0.25) is 0 Å². The zero-order valence-corrected chi connectivity index (χ0v) is 27.0. The molecule has 0 saturated carbocycles. The van der Waals surface area contributed by atoms with Crippen LogP contribution in [-0.4, -0.2) is 75.2 Å². The largest absolute Gasteiger partial charge is 0.497 e.